The van der Waals surface area contributed by atoms with Crippen LogP contribution in [0.25, 0.3) is 0 Å². The van der Waals surface area contributed by atoms with Crippen LogP contribution in [0.1, 0.15) is 90.9 Å². The van der Waals surface area contributed by atoms with E-state index in [1.165, 1.54) is 51.4 Å². The zero-order valence-electron chi connectivity index (χ0n) is 13.8. The second-order valence-electron chi connectivity index (χ2n) is 6.43. The molecule has 2 nitrogen and oxygen atoms in total. The topological polar surface area (TPSA) is 20.3 Å². The van der Waals surface area contributed by atoms with Crippen LogP contribution in [0.5, 0.6) is 0 Å². The summed E-state index contributed by atoms with van der Waals surface area (Å²) in [5, 5.41) is 0. The van der Waals surface area contributed by atoms with Gasteiger partial charge in [0.15, 0.2) is 0 Å². The molecule has 1 fully saturated rings. The van der Waals surface area contributed by atoms with Crippen molar-refractivity contribution in [2.45, 2.75) is 90.9 Å². The van der Waals surface area contributed by atoms with Gasteiger partial charge in [0.1, 0.15) is 0 Å². The number of hydrogen-bond acceptors (Lipinski definition) is 1. The average molecular weight is 281 g/mol. The summed E-state index contributed by atoms with van der Waals surface area (Å²) < 4.78 is 0. The molecule has 0 saturated heterocycles. The molecule has 1 rings (SSSR count). The zero-order chi connectivity index (χ0) is 14.6. The van der Waals surface area contributed by atoms with Crippen molar-refractivity contribution < 1.29 is 4.79 Å². The Bertz CT molecular complexity index is 234. The lowest BCUT2D eigenvalue weighted by Crippen LogP contribution is -2.37. The number of hydrogen-bond donors (Lipinski definition) is 0. The van der Waals surface area contributed by atoms with E-state index in [2.05, 4.69) is 18.7 Å². The van der Waals surface area contributed by atoms with E-state index in [4.69, 9.17) is 0 Å². The van der Waals surface area contributed by atoms with Gasteiger partial charge in [-0.3, -0.25) is 4.79 Å². The number of carbonyl (C=O) groups is 1. The Balaban J connectivity index is 2.54. The lowest BCUT2D eigenvalue weighted by atomic mass is 9.94. The predicted octanol–water partition coefficient (Wildman–Crippen LogP) is 5.17. The maximum atomic E-state index is 12.8. The Hall–Kier alpha value is -0.530. The van der Waals surface area contributed by atoms with E-state index in [9.17, 15) is 4.79 Å². The van der Waals surface area contributed by atoms with Gasteiger partial charge in [-0.25, -0.2) is 0 Å². The molecule has 2 heteroatoms. The van der Waals surface area contributed by atoms with E-state index in [0.29, 0.717) is 11.8 Å². The minimum atomic E-state index is 0.311. The van der Waals surface area contributed by atoms with Crippen LogP contribution in [0.15, 0.2) is 0 Å². The number of nitrogens with zero attached hydrogens (tertiary/aromatic N) is 1. The van der Waals surface area contributed by atoms with Gasteiger partial charge in [0, 0.05) is 19.0 Å². The highest BCUT2D eigenvalue weighted by Crippen LogP contribution is 2.23. The summed E-state index contributed by atoms with van der Waals surface area (Å²) in [6.07, 6.45) is 15.1. The van der Waals surface area contributed by atoms with E-state index < -0.39 is 0 Å². The van der Waals surface area contributed by atoms with Gasteiger partial charge in [0.05, 0.1) is 0 Å². The fourth-order valence-corrected chi connectivity index (χ4v) is 3.36. The Morgan fingerprint density at radius 1 is 0.800 bits per heavy atom. The molecule has 118 valence electrons. The maximum Gasteiger partial charge on any atom is 0.225 e. The summed E-state index contributed by atoms with van der Waals surface area (Å²) in [5.74, 6) is 0.763. The number of rotatable bonds is 5. The minimum Gasteiger partial charge on any atom is -0.342 e. The molecule has 0 aromatic carbocycles. The van der Waals surface area contributed by atoms with E-state index in [-0.39, 0.29) is 0 Å². The highest BCUT2D eigenvalue weighted by molar-refractivity contribution is 5.78. The molecule has 0 aromatic rings. The summed E-state index contributed by atoms with van der Waals surface area (Å²) in [5.41, 5.74) is 0. The molecule has 0 atom stereocenters. The van der Waals surface area contributed by atoms with E-state index in [1.807, 2.05) is 0 Å². The van der Waals surface area contributed by atoms with Crippen molar-refractivity contribution in [2.75, 3.05) is 13.1 Å². The first kappa shape index (κ1) is 17.5. The zero-order valence-corrected chi connectivity index (χ0v) is 13.8. The van der Waals surface area contributed by atoms with Crippen molar-refractivity contribution >= 4 is 5.91 Å². The van der Waals surface area contributed by atoms with Gasteiger partial charge in [-0.05, 0) is 25.7 Å². The van der Waals surface area contributed by atoms with Gasteiger partial charge in [-0.2, -0.15) is 0 Å². The third kappa shape index (κ3) is 6.76. The molecule has 0 radical (unpaired) electrons. The van der Waals surface area contributed by atoms with Crippen LogP contribution in [0.2, 0.25) is 0 Å². The largest absolute Gasteiger partial charge is 0.342 e. The predicted molar refractivity (Wildman–Crippen MR) is 86.8 cm³/mol. The van der Waals surface area contributed by atoms with Crippen LogP contribution in [-0.4, -0.2) is 23.9 Å². The van der Waals surface area contributed by atoms with Gasteiger partial charge >= 0.3 is 0 Å². The van der Waals surface area contributed by atoms with Crippen LogP contribution in [0.3, 0.4) is 0 Å². The third-order valence-corrected chi connectivity index (χ3v) is 4.50. The van der Waals surface area contributed by atoms with Crippen LogP contribution in [0.4, 0.5) is 0 Å². The average Bonchev–Trinajstić information content (AvgIpc) is 2.51. The van der Waals surface area contributed by atoms with E-state index in [1.54, 1.807) is 0 Å². The lowest BCUT2D eigenvalue weighted by molar-refractivity contribution is -0.136. The Kier molecular flexibility index (Phi) is 9.78. The summed E-state index contributed by atoms with van der Waals surface area (Å²) in [7, 11) is 0. The molecule has 0 bridgehead atoms. The summed E-state index contributed by atoms with van der Waals surface area (Å²) in [6.45, 7) is 6.24. The molecule has 0 N–H and O–H groups in total. The van der Waals surface area contributed by atoms with Gasteiger partial charge in [0.25, 0.3) is 0 Å². The molecule has 0 aromatic heterocycles. The Labute approximate surface area is 126 Å². The summed E-state index contributed by atoms with van der Waals surface area (Å²) in [4.78, 5) is 14.9. The van der Waals surface area contributed by atoms with Crippen molar-refractivity contribution in [3.05, 3.63) is 0 Å². The second-order valence-corrected chi connectivity index (χ2v) is 6.43. The highest BCUT2D eigenvalue weighted by Gasteiger charge is 2.22. The molecule has 1 amide bonds. The smallest absolute Gasteiger partial charge is 0.225 e. The maximum absolute atomic E-state index is 12.8. The van der Waals surface area contributed by atoms with Crippen molar-refractivity contribution in [1.29, 1.82) is 0 Å². The second kappa shape index (κ2) is 11.2. The summed E-state index contributed by atoms with van der Waals surface area (Å²) >= 11 is 0. The fraction of sp³-hybridized carbons (Fsp3) is 0.944. The Morgan fingerprint density at radius 2 is 1.20 bits per heavy atom. The first-order chi connectivity index (χ1) is 9.79. The van der Waals surface area contributed by atoms with Crippen molar-refractivity contribution in [3.8, 4) is 0 Å². The van der Waals surface area contributed by atoms with Crippen LogP contribution in [-0.2, 0) is 4.79 Å². The third-order valence-electron chi connectivity index (χ3n) is 4.50. The molecule has 1 aliphatic carbocycles. The van der Waals surface area contributed by atoms with E-state index >= 15 is 0 Å². The van der Waals surface area contributed by atoms with Gasteiger partial charge in [0.2, 0.25) is 5.91 Å². The van der Waals surface area contributed by atoms with Crippen LogP contribution >= 0.6 is 0 Å². The number of amides is 1. The standard InChI is InChI=1S/C18H35NO/c1-3-15-19(16-4-2)18(20)17-13-11-9-7-5-6-8-10-12-14-17/h17H,3-16H2,1-2H3. The SMILES string of the molecule is CCCN(CCC)C(=O)C1CCCCCCCCCC1. The molecule has 0 spiro atoms. The van der Waals surface area contributed by atoms with Crippen molar-refractivity contribution in [1.82, 2.24) is 4.90 Å². The van der Waals surface area contributed by atoms with Crippen LogP contribution < -0.4 is 0 Å². The molecule has 1 aliphatic rings. The molecule has 0 heterocycles. The quantitative estimate of drug-likeness (QED) is 0.681. The van der Waals surface area contributed by atoms with Crippen molar-refractivity contribution in [3.63, 3.8) is 0 Å². The molecule has 20 heavy (non-hydrogen) atoms. The monoisotopic (exact) mass is 281 g/mol. The molecule has 0 unspecified atom stereocenters. The normalized spacial score (nSPS) is 19.3. The molecular weight excluding hydrogens is 246 g/mol. The first-order valence-electron chi connectivity index (χ1n) is 9.08. The molecule has 1 saturated carbocycles. The van der Waals surface area contributed by atoms with Gasteiger partial charge in [-0.15, -0.1) is 0 Å². The van der Waals surface area contributed by atoms with Gasteiger partial charge < -0.3 is 4.90 Å². The highest BCUT2D eigenvalue weighted by atomic mass is 16.2. The summed E-state index contributed by atoms with van der Waals surface area (Å²) in [6, 6.07) is 0. The molecular formula is C18H35NO. The Morgan fingerprint density at radius 3 is 1.60 bits per heavy atom. The minimum absolute atomic E-state index is 0.311. The van der Waals surface area contributed by atoms with Crippen molar-refractivity contribution in [2.24, 2.45) is 5.92 Å². The first-order valence-corrected chi connectivity index (χ1v) is 9.08. The molecule has 0 aliphatic heterocycles. The van der Waals surface area contributed by atoms with E-state index in [0.717, 1.165) is 38.8 Å². The lowest BCUT2D eigenvalue weighted by Gasteiger charge is -2.27. The fourth-order valence-electron chi connectivity index (χ4n) is 3.36. The van der Waals surface area contributed by atoms with Gasteiger partial charge in [-0.1, -0.05) is 65.2 Å². The number of carbonyl (C=O) groups excluding carboxylic acids is 1. The van der Waals surface area contributed by atoms with Crippen LogP contribution in [0, 0.1) is 5.92 Å².